The highest BCUT2D eigenvalue weighted by Crippen LogP contribution is 2.16. The van der Waals surface area contributed by atoms with E-state index in [1.807, 2.05) is 20.8 Å². The Kier molecular flexibility index (Phi) is 5.28. The van der Waals surface area contributed by atoms with Gasteiger partial charge < -0.3 is 10.1 Å². The maximum Gasteiger partial charge on any atom is 0.320 e. The van der Waals surface area contributed by atoms with E-state index in [0.717, 1.165) is 5.56 Å². The summed E-state index contributed by atoms with van der Waals surface area (Å²) in [6.07, 6.45) is 0. The van der Waals surface area contributed by atoms with Crippen LogP contribution in [0.4, 0.5) is 4.39 Å². The minimum Gasteiger partial charge on any atom is -0.459 e. The highest BCUT2D eigenvalue weighted by molar-refractivity contribution is 9.10. The summed E-state index contributed by atoms with van der Waals surface area (Å²) in [4.78, 5) is 11.4. The van der Waals surface area contributed by atoms with Gasteiger partial charge >= 0.3 is 5.97 Å². The molecule has 0 aliphatic heterocycles. The third kappa shape index (κ3) is 5.60. The molecular formula is C13H17BrFNO2. The first-order valence-electron chi connectivity index (χ1n) is 5.64. The molecule has 1 aromatic rings. The Labute approximate surface area is 115 Å². The molecular weight excluding hydrogens is 301 g/mol. The van der Waals surface area contributed by atoms with Gasteiger partial charge in [0.05, 0.1) is 11.0 Å². The number of halogens is 2. The Bertz CT molecular complexity index is 429. The van der Waals surface area contributed by atoms with Crippen LogP contribution < -0.4 is 5.32 Å². The molecule has 0 saturated carbocycles. The average molecular weight is 318 g/mol. The van der Waals surface area contributed by atoms with Gasteiger partial charge in [0.2, 0.25) is 0 Å². The molecule has 1 rings (SSSR count). The third-order valence-corrected chi connectivity index (χ3v) is 2.65. The molecule has 0 amide bonds. The van der Waals surface area contributed by atoms with E-state index >= 15 is 0 Å². The summed E-state index contributed by atoms with van der Waals surface area (Å²) in [5.74, 6) is -0.633. The first kappa shape index (κ1) is 15.1. The Morgan fingerprint density at radius 2 is 2.11 bits per heavy atom. The predicted octanol–water partition coefficient (Wildman–Crippen LogP) is 3.02. The summed E-state index contributed by atoms with van der Waals surface area (Å²) in [5.41, 5.74) is 0.293. The smallest absolute Gasteiger partial charge is 0.320 e. The van der Waals surface area contributed by atoms with E-state index in [-0.39, 0.29) is 18.3 Å². The van der Waals surface area contributed by atoms with Gasteiger partial charge in [-0.1, -0.05) is 6.07 Å². The fourth-order valence-corrected chi connectivity index (χ4v) is 1.58. The maximum atomic E-state index is 13.2. The fourth-order valence-electron chi connectivity index (χ4n) is 1.34. The zero-order chi connectivity index (χ0) is 13.8. The van der Waals surface area contributed by atoms with Crippen LogP contribution >= 0.6 is 15.9 Å². The normalized spacial score (nSPS) is 11.4. The number of hydrogen-bond acceptors (Lipinski definition) is 3. The van der Waals surface area contributed by atoms with Crippen LogP contribution in [0, 0.1) is 5.82 Å². The molecule has 0 heterocycles. The van der Waals surface area contributed by atoms with Gasteiger partial charge in [-0.15, -0.1) is 0 Å². The molecule has 0 fully saturated rings. The first-order chi connectivity index (χ1) is 8.28. The van der Waals surface area contributed by atoms with Crippen LogP contribution in [0.3, 0.4) is 0 Å². The lowest BCUT2D eigenvalue weighted by Gasteiger charge is -2.19. The molecule has 1 N–H and O–H groups in total. The van der Waals surface area contributed by atoms with Crippen molar-refractivity contribution in [2.45, 2.75) is 32.9 Å². The molecule has 0 aromatic heterocycles. The topological polar surface area (TPSA) is 38.3 Å². The Morgan fingerprint density at radius 3 is 2.67 bits per heavy atom. The lowest BCUT2D eigenvalue weighted by molar-refractivity contribution is -0.153. The van der Waals surface area contributed by atoms with Crippen LogP contribution in [-0.2, 0) is 16.1 Å². The van der Waals surface area contributed by atoms with E-state index in [1.54, 1.807) is 12.1 Å². The highest BCUT2D eigenvalue weighted by Gasteiger charge is 2.15. The van der Waals surface area contributed by atoms with Crippen molar-refractivity contribution in [3.05, 3.63) is 34.1 Å². The summed E-state index contributed by atoms with van der Waals surface area (Å²) in [7, 11) is 0. The van der Waals surface area contributed by atoms with Gasteiger partial charge in [0, 0.05) is 6.54 Å². The molecule has 0 aliphatic carbocycles. The highest BCUT2D eigenvalue weighted by atomic mass is 79.9. The van der Waals surface area contributed by atoms with Crippen molar-refractivity contribution >= 4 is 21.9 Å². The lowest BCUT2D eigenvalue weighted by atomic mass is 10.2. The zero-order valence-corrected chi connectivity index (χ0v) is 12.3. The second-order valence-corrected chi connectivity index (χ2v) is 5.79. The monoisotopic (exact) mass is 317 g/mol. The maximum absolute atomic E-state index is 13.2. The SMILES string of the molecule is CC(C)(C)OC(=O)CNCc1ccc(Br)c(F)c1. The summed E-state index contributed by atoms with van der Waals surface area (Å²) in [6, 6.07) is 4.85. The van der Waals surface area contributed by atoms with Gasteiger partial charge in [0.25, 0.3) is 0 Å². The summed E-state index contributed by atoms with van der Waals surface area (Å²) in [5, 5.41) is 2.91. The third-order valence-electron chi connectivity index (χ3n) is 2.00. The van der Waals surface area contributed by atoms with Crippen molar-refractivity contribution in [1.29, 1.82) is 0 Å². The lowest BCUT2D eigenvalue weighted by Crippen LogP contribution is -2.31. The van der Waals surface area contributed by atoms with Crippen LogP contribution in [-0.4, -0.2) is 18.1 Å². The van der Waals surface area contributed by atoms with Crippen molar-refractivity contribution in [3.63, 3.8) is 0 Å². The Hall–Kier alpha value is -0.940. The van der Waals surface area contributed by atoms with Gasteiger partial charge in [0.15, 0.2) is 0 Å². The molecule has 1 aromatic carbocycles. The summed E-state index contributed by atoms with van der Waals surface area (Å²) >= 11 is 3.08. The molecule has 0 atom stereocenters. The number of ether oxygens (including phenoxy) is 1. The molecule has 0 spiro atoms. The van der Waals surface area contributed by atoms with E-state index in [0.29, 0.717) is 11.0 Å². The van der Waals surface area contributed by atoms with Gasteiger partial charge in [-0.25, -0.2) is 4.39 Å². The van der Waals surface area contributed by atoms with Crippen molar-refractivity contribution in [2.75, 3.05) is 6.54 Å². The predicted molar refractivity (Wildman–Crippen MR) is 71.7 cm³/mol. The Morgan fingerprint density at radius 1 is 1.44 bits per heavy atom. The summed E-state index contributed by atoms with van der Waals surface area (Å²) in [6.45, 7) is 5.97. The number of nitrogens with one attached hydrogen (secondary N) is 1. The number of benzene rings is 1. The van der Waals surface area contributed by atoms with Gasteiger partial charge in [0.1, 0.15) is 11.4 Å². The van der Waals surface area contributed by atoms with E-state index < -0.39 is 5.60 Å². The first-order valence-corrected chi connectivity index (χ1v) is 6.44. The second kappa shape index (κ2) is 6.29. The van der Waals surface area contributed by atoms with Gasteiger partial charge in [-0.3, -0.25) is 4.79 Å². The zero-order valence-electron chi connectivity index (χ0n) is 10.7. The molecule has 0 radical (unpaired) electrons. The largest absolute Gasteiger partial charge is 0.459 e. The van der Waals surface area contributed by atoms with E-state index in [1.165, 1.54) is 6.07 Å². The molecule has 100 valence electrons. The standard InChI is InChI=1S/C13H17BrFNO2/c1-13(2,3)18-12(17)8-16-7-9-4-5-10(14)11(15)6-9/h4-6,16H,7-8H2,1-3H3. The number of carbonyl (C=O) groups excluding carboxylic acids is 1. The van der Waals surface area contributed by atoms with Crippen LogP contribution in [0.15, 0.2) is 22.7 Å². The Balaban J connectivity index is 2.38. The number of rotatable bonds is 4. The molecule has 18 heavy (non-hydrogen) atoms. The number of esters is 1. The van der Waals surface area contributed by atoms with Crippen LogP contribution in [0.25, 0.3) is 0 Å². The molecule has 0 bridgehead atoms. The molecule has 5 heteroatoms. The quantitative estimate of drug-likeness (QED) is 0.867. The molecule has 0 saturated heterocycles. The molecule has 0 unspecified atom stereocenters. The van der Waals surface area contributed by atoms with Crippen molar-refractivity contribution < 1.29 is 13.9 Å². The second-order valence-electron chi connectivity index (χ2n) is 4.94. The van der Waals surface area contributed by atoms with Crippen molar-refractivity contribution in [3.8, 4) is 0 Å². The van der Waals surface area contributed by atoms with Crippen LogP contribution in [0.1, 0.15) is 26.3 Å². The molecule has 0 aliphatic rings. The minimum atomic E-state index is -0.484. The summed E-state index contributed by atoms with van der Waals surface area (Å²) < 4.78 is 18.8. The fraction of sp³-hybridized carbons (Fsp3) is 0.462. The number of hydrogen-bond donors (Lipinski definition) is 1. The van der Waals surface area contributed by atoms with Crippen LogP contribution in [0.2, 0.25) is 0 Å². The van der Waals surface area contributed by atoms with E-state index in [9.17, 15) is 9.18 Å². The van der Waals surface area contributed by atoms with E-state index in [4.69, 9.17) is 4.74 Å². The van der Waals surface area contributed by atoms with Gasteiger partial charge in [-0.05, 0) is 54.4 Å². The van der Waals surface area contributed by atoms with Crippen molar-refractivity contribution in [2.24, 2.45) is 0 Å². The van der Waals surface area contributed by atoms with Crippen LogP contribution in [0.5, 0.6) is 0 Å². The van der Waals surface area contributed by atoms with Crippen molar-refractivity contribution in [1.82, 2.24) is 5.32 Å². The average Bonchev–Trinajstić information content (AvgIpc) is 2.20. The molecule has 3 nitrogen and oxygen atoms in total. The van der Waals surface area contributed by atoms with Gasteiger partial charge in [-0.2, -0.15) is 0 Å². The minimum absolute atomic E-state index is 0.106. The number of carbonyl (C=O) groups is 1. The van der Waals surface area contributed by atoms with E-state index in [2.05, 4.69) is 21.2 Å².